The van der Waals surface area contributed by atoms with Gasteiger partial charge in [-0.1, -0.05) is 42.5 Å². The van der Waals surface area contributed by atoms with Crippen LogP contribution in [-0.4, -0.2) is 13.0 Å². The van der Waals surface area contributed by atoms with E-state index in [0.29, 0.717) is 0 Å². The van der Waals surface area contributed by atoms with Crippen LogP contribution in [0.25, 0.3) is 0 Å². The van der Waals surface area contributed by atoms with Gasteiger partial charge in [-0.2, -0.15) is 0 Å². The summed E-state index contributed by atoms with van der Waals surface area (Å²) >= 11 is 0. The molecular formula is C17H20N2O2. The largest absolute Gasteiger partial charge is 0.497 e. The Bertz CT molecular complexity index is 599. The monoisotopic (exact) mass is 284 g/mol. The lowest BCUT2D eigenvalue weighted by Crippen LogP contribution is -2.35. The van der Waals surface area contributed by atoms with Gasteiger partial charge in [0.2, 0.25) is 5.91 Å². The Morgan fingerprint density at radius 2 is 1.76 bits per heavy atom. The molecule has 2 unspecified atom stereocenters. The molecule has 3 N–H and O–H groups in total. The standard InChI is InChI=1S/C17H20N2O2/c1-12(14-9-6-10-15(11-14)21-2)19-17(20)16(18)13-7-4-3-5-8-13/h3-12,16H,18H2,1-2H3,(H,19,20). The van der Waals surface area contributed by atoms with Crippen LogP contribution in [0, 0.1) is 0 Å². The summed E-state index contributed by atoms with van der Waals surface area (Å²) in [5, 5.41) is 2.93. The van der Waals surface area contributed by atoms with E-state index < -0.39 is 6.04 Å². The third kappa shape index (κ3) is 3.83. The number of benzene rings is 2. The second-order valence-electron chi connectivity index (χ2n) is 4.90. The van der Waals surface area contributed by atoms with Gasteiger partial charge in [-0.25, -0.2) is 0 Å². The molecule has 0 radical (unpaired) electrons. The van der Waals surface area contributed by atoms with E-state index in [0.717, 1.165) is 16.9 Å². The summed E-state index contributed by atoms with van der Waals surface area (Å²) in [6, 6.07) is 16.1. The zero-order valence-electron chi connectivity index (χ0n) is 12.2. The molecule has 0 saturated heterocycles. The molecule has 21 heavy (non-hydrogen) atoms. The molecule has 0 aliphatic rings. The average molecular weight is 284 g/mol. The van der Waals surface area contributed by atoms with E-state index >= 15 is 0 Å². The van der Waals surface area contributed by atoms with Crippen LogP contribution in [0.4, 0.5) is 0 Å². The molecule has 0 fully saturated rings. The summed E-state index contributed by atoms with van der Waals surface area (Å²) in [5.74, 6) is 0.567. The lowest BCUT2D eigenvalue weighted by Gasteiger charge is -2.18. The van der Waals surface area contributed by atoms with Crippen molar-refractivity contribution < 1.29 is 9.53 Å². The number of carbonyl (C=O) groups excluding carboxylic acids is 1. The number of methoxy groups -OCH3 is 1. The zero-order valence-corrected chi connectivity index (χ0v) is 12.2. The lowest BCUT2D eigenvalue weighted by atomic mass is 10.0. The van der Waals surface area contributed by atoms with Crippen molar-refractivity contribution in [2.75, 3.05) is 7.11 Å². The van der Waals surface area contributed by atoms with Crippen LogP contribution in [0.3, 0.4) is 0 Å². The first-order valence-corrected chi connectivity index (χ1v) is 6.86. The van der Waals surface area contributed by atoms with Crippen LogP contribution in [0.1, 0.15) is 30.1 Å². The maximum absolute atomic E-state index is 12.2. The fourth-order valence-corrected chi connectivity index (χ4v) is 2.11. The van der Waals surface area contributed by atoms with Gasteiger partial charge >= 0.3 is 0 Å². The average Bonchev–Trinajstić information content (AvgIpc) is 2.54. The maximum Gasteiger partial charge on any atom is 0.241 e. The van der Waals surface area contributed by atoms with E-state index in [4.69, 9.17) is 10.5 Å². The highest BCUT2D eigenvalue weighted by Crippen LogP contribution is 2.19. The van der Waals surface area contributed by atoms with Crippen molar-refractivity contribution in [3.8, 4) is 5.75 Å². The van der Waals surface area contributed by atoms with E-state index in [-0.39, 0.29) is 11.9 Å². The minimum absolute atomic E-state index is 0.137. The molecule has 0 spiro atoms. The fraction of sp³-hybridized carbons (Fsp3) is 0.235. The van der Waals surface area contributed by atoms with Gasteiger partial charge in [0, 0.05) is 0 Å². The molecule has 2 atom stereocenters. The van der Waals surface area contributed by atoms with Crippen molar-refractivity contribution in [2.24, 2.45) is 5.73 Å². The van der Waals surface area contributed by atoms with Crippen molar-refractivity contribution >= 4 is 5.91 Å². The topological polar surface area (TPSA) is 64.3 Å². The number of ether oxygens (including phenoxy) is 1. The maximum atomic E-state index is 12.2. The highest BCUT2D eigenvalue weighted by molar-refractivity contribution is 5.83. The van der Waals surface area contributed by atoms with Gasteiger partial charge in [0.05, 0.1) is 13.2 Å². The van der Waals surface area contributed by atoms with E-state index in [1.54, 1.807) is 7.11 Å². The Balaban J connectivity index is 2.04. The Kier molecular flexibility index (Phi) is 4.95. The summed E-state index contributed by atoms with van der Waals surface area (Å²) in [7, 11) is 1.62. The molecule has 2 aromatic rings. The molecule has 0 aliphatic carbocycles. The van der Waals surface area contributed by atoms with E-state index in [9.17, 15) is 4.79 Å². The summed E-state index contributed by atoms with van der Waals surface area (Å²) in [5.41, 5.74) is 7.76. The Morgan fingerprint density at radius 1 is 1.10 bits per heavy atom. The Morgan fingerprint density at radius 3 is 2.43 bits per heavy atom. The van der Waals surface area contributed by atoms with Gasteiger partial charge in [-0.15, -0.1) is 0 Å². The SMILES string of the molecule is COc1cccc(C(C)NC(=O)C(N)c2ccccc2)c1. The van der Waals surface area contributed by atoms with Crippen LogP contribution < -0.4 is 15.8 Å². The van der Waals surface area contributed by atoms with Gasteiger partial charge in [0.1, 0.15) is 11.8 Å². The van der Waals surface area contributed by atoms with Crippen LogP contribution >= 0.6 is 0 Å². The predicted octanol–water partition coefficient (Wildman–Crippen LogP) is 2.57. The molecule has 0 bridgehead atoms. The van der Waals surface area contributed by atoms with Crippen molar-refractivity contribution in [3.05, 3.63) is 65.7 Å². The van der Waals surface area contributed by atoms with Crippen LogP contribution in [0.5, 0.6) is 5.75 Å². The van der Waals surface area contributed by atoms with E-state index in [2.05, 4.69) is 5.32 Å². The van der Waals surface area contributed by atoms with Crippen molar-refractivity contribution in [1.29, 1.82) is 0 Å². The van der Waals surface area contributed by atoms with Gasteiger partial charge < -0.3 is 15.8 Å². The molecule has 2 rings (SSSR count). The molecule has 0 aliphatic heterocycles. The highest BCUT2D eigenvalue weighted by Gasteiger charge is 2.18. The normalized spacial score (nSPS) is 13.3. The summed E-state index contributed by atoms with van der Waals surface area (Å²) < 4.78 is 5.19. The van der Waals surface area contributed by atoms with Crippen molar-refractivity contribution in [2.45, 2.75) is 19.0 Å². The zero-order chi connectivity index (χ0) is 15.2. The number of hydrogen-bond donors (Lipinski definition) is 2. The molecule has 110 valence electrons. The van der Waals surface area contributed by atoms with E-state index in [1.807, 2.05) is 61.5 Å². The predicted molar refractivity (Wildman–Crippen MR) is 82.9 cm³/mol. The highest BCUT2D eigenvalue weighted by atomic mass is 16.5. The number of nitrogens with two attached hydrogens (primary N) is 1. The molecule has 0 saturated carbocycles. The Labute approximate surface area is 124 Å². The first kappa shape index (κ1) is 15.1. The molecule has 2 aromatic carbocycles. The molecule has 1 amide bonds. The lowest BCUT2D eigenvalue weighted by molar-refractivity contribution is -0.123. The number of amides is 1. The van der Waals surface area contributed by atoms with Gasteiger partial charge in [0.25, 0.3) is 0 Å². The third-order valence-corrected chi connectivity index (χ3v) is 3.39. The van der Waals surface area contributed by atoms with Crippen molar-refractivity contribution in [3.63, 3.8) is 0 Å². The van der Waals surface area contributed by atoms with Crippen LogP contribution in [-0.2, 0) is 4.79 Å². The number of rotatable bonds is 5. The van der Waals surface area contributed by atoms with Crippen molar-refractivity contribution in [1.82, 2.24) is 5.32 Å². The molecule has 0 heterocycles. The third-order valence-electron chi connectivity index (χ3n) is 3.39. The van der Waals surface area contributed by atoms with Gasteiger partial charge in [-0.05, 0) is 30.2 Å². The summed E-state index contributed by atoms with van der Waals surface area (Å²) in [6.07, 6.45) is 0. The summed E-state index contributed by atoms with van der Waals surface area (Å²) in [6.45, 7) is 1.92. The molecule has 0 aromatic heterocycles. The molecular weight excluding hydrogens is 264 g/mol. The number of carbonyl (C=O) groups is 1. The first-order chi connectivity index (χ1) is 10.1. The second kappa shape index (κ2) is 6.90. The Hall–Kier alpha value is -2.33. The van der Waals surface area contributed by atoms with Gasteiger partial charge in [-0.3, -0.25) is 4.79 Å². The summed E-state index contributed by atoms with van der Waals surface area (Å²) in [4.78, 5) is 12.2. The van der Waals surface area contributed by atoms with Crippen LogP contribution in [0.2, 0.25) is 0 Å². The number of hydrogen-bond acceptors (Lipinski definition) is 3. The number of nitrogens with one attached hydrogen (secondary N) is 1. The van der Waals surface area contributed by atoms with Gasteiger partial charge in [0.15, 0.2) is 0 Å². The minimum atomic E-state index is -0.667. The quantitative estimate of drug-likeness (QED) is 0.887. The fourth-order valence-electron chi connectivity index (χ4n) is 2.11. The molecule has 4 heteroatoms. The van der Waals surface area contributed by atoms with Crippen LogP contribution in [0.15, 0.2) is 54.6 Å². The van der Waals surface area contributed by atoms with E-state index in [1.165, 1.54) is 0 Å². The first-order valence-electron chi connectivity index (χ1n) is 6.86. The minimum Gasteiger partial charge on any atom is -0.497 e. The molecule has 4 nitrogen and oxygen atoms in total. The second-order valence-corrected chi connectivity index (χ2v) is 4.90. The smallest absolute Gasteiger partial charge is 0.241 e.